The van der Waals surface area contributed by atoms with E-state index in [2.05, 4.69) is 5.32 Å². The lowest BCUT2D eigenvalue weighted by molar-refractivity contribution is -0.143. The van der Waals surface area contributed by atoms with Crippen LogP contribution < -0.4 is 5.32 Å². The number of ketones is 1. The molecule has 1 aromatic rings. The lowest BCUT2D eigenvalue weighted by Gasteiger charge is -2.17. The molecule has 1 rings (SSSR count). The summed E-state index contributed by atoms with van der Waals surface area (Å²) in [5.74, 6) is -1.77. The number of amides is 1. The highest BCUT2D eigenvalue weighted by Crippen LogP contribution is 2.12. The van der Waals surface area contributed by atoms with Crippen LogP contribution in [0.25, 0.3) is 0 Å². The number of rotatable bonds is 7. The Morgan fingerprint density at radius 1 is 1.32 bits per heavy atom. The minimum atomic E-state index is -1.06. The maximum Gasteiger partial charge on any atom is 0.326 e. The van der Waals surface area contributed by atoms with Gasteiger partial charge in [0.05, 0.1) is 4.88 Å². The van der Waals surface area contributed by atoms with Gasteiger partial charge in [-0.3, -0.25) is 9.59 Å². The predicted molar refractivity (Wildman–Crippen MR) is 72.3 cm³/mol. The van der Waals surface area contributed by atoms with Crippen molar-refractivity contribution >= 4 is 29.0 Å². The second kappa shape index (κ2) is 7.04. The molecule has 0 fully saturated rings. The number of hydrogen-bond donors (Lipinski definition) is 2. The number of carboxylic acid groups (broad SMARTS) is 1. The molecule has 1 amide bonds. The molecule has 0 aromatic carbocycles. The summed E-state index contributed by atoms with van der Waals surface area (Å²) in [4.78, 5) is 34.8. The zero-order valence-corrected chi connectivity index (χ0v) is 11.7. The second-order valence-electron chi connectivity index (χ2n) is 4.53. The Hall–Kier alpha value is -1.69. The van der Waals surface area contributed by atoms with E-state index in [0.717, 1.165) is 0 Å². The first-order valence-corrected chi connectivity index (χ1v) is 6.88. The van der Waals surface area contributed by atoms with E-state index in [1.807, 2.05) is 0 Å². The van der Waals surface area contributed by atoms with Crippen molar-refractivity contribution in [2.45, 2.75) is 32.7 Å². The number of aliphatic carboxylic acids is 1. The highest BCUT2D eigenvalue weighted by Gasteiger charge is 2.23. The molecule has 0 spiro atoms. The van der Waals surface area contributed by atoms with Gasteiger partial charge in [-0.15, -0.1) is 11.3 Å². The standard InChI is InChI=1S/C13H17NO4S/c1-8(2)12(13(17)18)14-11(16)6-5-9(15)10-4-3-7-19-10/h3-4,7-8,12H,5-6H2,1-2H3,(H,14,16)(H,17,18)/t12-/m0/s1. The van der Waals surface area contributed by atoms with Gasteiger partial charge in [0.2, 0.25) is 5.91 Å². The molecule has 0 bridgehead atoms. The van der Waals surface area contributed by atoms with E-state index >= 15 is 0 Å². The summed E-state index contributed by atoms with van der Waals surface area (Å²) in [6.45, 7) is 3.44. The zero-order valence-electron chi connectivity index (χ0n) is 10.9. The first-order chi connectivity index (χ1) is 8.91. The number of hydrogen-bond acceptors (Lipinski definition) is 4. The van der Waals surface area contributed by atoms with Crippen LogP contribution >= 0.6 is 11.3 Å². The van der Waals surface area contributed by atoms with E-state index in [9.17, 15) is 14.4 Å². The normalized spacial score (nSPS) is 12.2. The molecule has 104 valence electrons. The number of nitrogens with one attached hydrogen (secondary N) is 1. The van der Waals surface area contributed by atoms with Crippen LogP contribution in [0.5, 0.6) is 0 Å². The minimum Gasteiger partial charge on any atom is -0.480 e. The number of thiophene rings is 1. The maximum absolute atomic E-state index is 11.7. The van der Waals surface area contributed by atoms with Crippen molar-refractivity contribution in [3.8, 4) is 0 Å². The minimum absolute atomic E-state index is 0.00718. The molecule has 1 aromatic heterocycles. The van der Waals surface area contributed by atoms with Crippen LogP contribution in [-0.4, -0.2) is 28.8 Å². The third-order valence-corrected chi connectivity index (χ3v) is 3.54. The average Bonchev–Trinajstić information content (AvgIpc) is 2.85. The largest absolute Gasteiger partial charge is 0.480 e. The molecule has 19 heavy (non-hydrogen) atoms. The third-order valence-electron chi connectivity index (χ3n) is 2.62. The van der Waals surface area contributed by atoms with Crippen molar-refractivity contribution in [3.05, 3.63) is 22.4 Å². The van der Waals surface area contributed by atoms with E-state index < -0.39 is 17.9 Å². The van der Waals surface area contributed by atoms with Crippen molar-refractivity contribution < 1.29 is 19.5 Å². The van der Waals surface area contributed by atoms with Gasteiger partial charge in [-0.25, -0.2) is 4.79 Å². The lowest BCUT2D eigenvalue weighted by atomic mass is 10.0. The molecule has 0 saturated carbocycles. The summed E-state index contributed by atoms with van der Waals surface area (Å²) in [6, 6.07) is 2.57. The molecule has 0 saturated heterocycles. The molecule has 1 atom stereocenters. The molecule has 0 aliphatic carbocycles. The number of carbonyl (C=O) groups excluding carboxylic acids is 2. The van der Waals surface area contributed by atoms with Crippen LogP contribution in [0, 0.1) is 5.92 Å². The smallest absolute Gasteiger partial charge is 0.326 e. The fraction of sp³-hybridized carbons (Fsp3) is 0.462. The molecule has 0 aliphatic heterocycles. The fourth-order valence-corrected chi connectivity index (χ4v) is 2.24. The van der Waals surface area contributed by atoms with Crippen LogP contribution in [0.2, 0.25) is 0 Å². The number of Topliss-reactive ketones (excluding diaryl/α,β-unsaturated/α-hetero) is 1. The third kappa shape index (κ3) is 4.82. The topological polar surface area (TPSA) is 83.5 Å². The van der Waals surface area contributed by atoms with Gasteiger partial charge < -0.3 is 10.4 Å². The van der Waals surface area contributed by atoms with Gasteiger partial charge in [0, 0.05) is 12.8 Å². The fourth-order valence-electron chi connectivity index (χ4n) is 1.55. The summed E-state index contributed by atoms with van der Waals surface area (Å²) in [7, 11) is 0. The van der Waals surface area contributed by atoms with Crippen molar-refractivity contribution in [2.75, 3.05) is 0 Å². The highest BCUT2D eigenvalue weighted by molar-refractivity contribution is 7.12. The molecule has 0 unspecified atom stereocenters. The van der Waals surface area contributed by atoms with Gasteiger partial charge in [-0.1, -0.05) is 19.9 Å². The Kier molecular flexibility index (Phi) is 5.69. The predicted octanol–water partition coefficient (Wildman–Crippen LogP) is 1.94. The molecule has 2 N–H and O–H groups in total. The van der Waals surface area contributed by atoms with Gasteiger partial charge in [0.15, 0.2) is 5.78 Å². The van der Waals surface area contributed by atoms with E-state index in [-0.39, 0.29) is 24.5 Å². The van der Waals surface area contributed by atoms with Crippen LogP contribution in [0.1, 0.15) is 36.4 Å². The van der Waals surface area contributed by atoms with E-state index in [1.165, 1.54) is 11.3 Å². The molecular formula is C13H17NO4S. The Morgan fingerprint density at radius 2 is 2.00 bits per heavy atom. The summed E-state index contributed by atoms with van der Waals surface area (Å²) in [6.07, 6.45) is 0.101. The molecule has 1 heterocycles. The van der Waals surface area contributed by atoms with E-state index in [0.29, 0.717) is 4.88 Å². The number of carboxylic acids is 1. The van der Waals surface area contributed by atoms with E-state index in [4.69, 9.17) is 5.11 Å². The monoisotopic (exact) mass is 283 g/mol. The van der Waals surface area contributed by atoms with Gasteiger partial charge in [-0.2, -0.15) is 0 Å². The van der Waals surface area contributed by atoms with Crippen molar-refractivity contribution in [3.63, 3.8) is 0 Å². The van der Waals surface area contributed by atoms with Crippen LogP contribution in [-0.2, 0) is 9.59 Å². The summed E-state index contributed by atoms with van der Waals surface area (Å²) in [5.41, 5.74) is 0. The first-order valence-electron chi connectivity index (χ1n) is 6.00. The molecule has 6 heteroatoms. The second-order valence-corrected chi connectivity index (χ2v) is 5.48. The summed E-state index contributed by atoms with van der Waals surface area (Å²) in [5, 5.41) is 13.2. The van der Waals surface area contributed by atoms with Crippen LogP contribution in [0.4, 0.5) is 0 Å². The van der Waals surface area contributed by atoms with Crippen LogP contribution in [0.15, 0.2) is 17.5 Å². The SMILES string of the molecule is CC(C)[C@H](NC(=O)CCC(=O)c1cccs1)C(=O)O. The highest BCUT2D eigenvalue weighted by atomic mass is 32.1. The Bertz CT molecular complexity index is 453. The van der Waals surface area contributed by atoms with Crippen LogP contribution in [0.3, 0.4) is 0 Å². The van der Waals surface area contributed by atoms with Gasteiger partial charge in [0.1, 0.15) is 6.04 Å². The van der Waals surface area contributed by atoms with Crippen molar-refractivity contribution in [1.29, 1.82) is 0 Å². The van der Waals surface area contributed by atoms with Gasteiger partial charge >= 0.3 is 5.97 Å². The molecule has 5 nitrogen and oxygen atoms in total. The maximum atomic E-state index is 11.7. The van der Waals surface area contributed by atoms with Crippen molar-refractivity contribution in [2.24, 2.45) is 5.92 Å². The average molecular weight is 283 g/mol. The molecular weight excluding hydrogens is 266 g/mol. The van der Waals surface area contributed by atoms with Gasteiger partial charge in [-0.05, 0) is 17.4 Å². The van der Waals surface area contributed by atoms with Gasteiger partial charge in [0.25, 0.3) is 0 Å². The Balaban J connectivity index is 2.43. The van der Waals surface area contributed by atoms with E-state index in [1.54, 1.807) is 31.4 Å². The zero-order chi connectivity index (χ0) is 14.4. The Morgan fingerprint density at radius 3 is 2.47 bits per heavy atom. The quantitative estimate of drug-likeness (QED) is 0.749. The molecule has 0 radical (unpaired) electrons. The number of carbonyl (C=O) groups is 3. The summed E-state index contributed by atoms with van der Waals surface area (Å²) >= 11 is 1.33. The van der Waals surface area contributed by atoms with Crippen molar-refractivity contribution in [1.82, 2.24) is 5.32 Å². The first kappa shape index (κ1) is 15.4. The lowest BCUT2D eigenvalue weighted by Crippen LogP contribution is -2.44. The summed E-state index contributed by atoms with van der Waals surface area (Å²) < 4.78 is 0. The Labute approximate surface area is 115 Å². The molecule has 0 aliphatic rings.